The van der Waals surface area contributed by atoms with Crippen LogP contribution in [0.5, 0.6) is 0 Å². The van der Waals surface area contributed by atoms with Crippen molar-refractivity contribution >= 4 is 11.8 Å². The number of likely N-dealkylation sites (N-methyl/N-ethyl adjacent to an activating group) is 2. The van der Waals surface area contributed by atoms with Gasteiger partial charge in [0.2, 0.25) is 11.8 Å². The van der Waals surface area contributed by atoms with Crippen LogP contribution < -0.4 is 5.73 Å². The molecule has 1 unspecified atom stereocenters. The summed E-state index contributed by atoms with van der Waals surface area (Å²) in [5, 5.41) is 0. The highest BCUT2D eigenvalue weighted by molar-refractivity contribution is 5.86. The highest BCUT2D eigenvalue weighted by atomic mass is 16.2. The summed E-state index contributed by atoms with van der Waals surface area (Å²) in [6, 6.07) is 0. The molecule has 0 aromatic carbocycles. The topological polar surface area (TPSA) is 66.6 Å². The van der Waals surface area contributed by atoms with Crippen LogP contribution in [0.1, 0.15) is 20.8 Å². The van der Waals surface area contributed by atoms with Crippen LogP contribution in [-0.2, 0) is 9.59 Å². The Balaban J connectivity index is 4.65. The van der Waals surface area contributed by atoms with Crippen LogP contribution in [0.15, 0.2) is 0 Å². The zero-order valence-electron chi connectivity index (χ0n) is 11.6. The Morgan fingerprint density at radius 1 is 1.24 bits per heavy atom. The average Bonchev–Trinajstić information content (AvgIpc) is 2.25. The molecule has 5 heteroatoms. The maximum atomic E-state index is 12.2. The minimum absolute atomic E-state index is 0.0276. The van der Waals surface area contributed by atoms with Gasteiger partial charge in [0.15, 0.2) is 0 Å². The first-order chi connectivity index (χ1) is 7.84. The van der Waals surface area contributed by atoms with Gasteiger partial charge in [0.1, 0.15) is 0 Å². The van der Waals surface area contributed by atoms with E-state index in [-0.39, 0.29) is 30.2 Å². The molecule has 2 N–H and O–H groups in total. The van der Waals surface area contributed by atoms with Crippen molar-refractivity contribution in [1.29, 1.82) is 0 Å². The first-order valence-electron chi connectivity index (χ1n) is 6.04. The predicted molar refractivity (Wildman–Crippen MR) is 68.3 cm³/mol. The molecule has 0 aromatic heterocycles. The van der Waals surface area contributed by atoms with E-state index in [0.717, 1.165) is 0 Å². The van der Waals surface area contributed by atoms with Crippen molar-refractivity contribution in [3.8, 4) is 0 Å². The molecule has 0 fully saturated rings. The number of amides is 2. The van der Waals surface area contributed by atoms with Crippen molar-refractivity contribution in [2.75, 3.05) is 33.7 Å². The van der Waals surface area contributed by atoms with Gasteiger partial charge in [-0.2, -0.15) is 0 Å². The van der Waals surface area contributed by atoms with Gasteiger partial charge in [-0.3, -0.25) is 9.59 Å². The van der Waals surface area contributed by atoms with Crippen LogP contribution in [0.25, 0.3) is 0 Å². The van der Waals surface area contributed by atoms with E-state index in [0.29, 0.717) is 13.1 Å². The number of carbonyl (C=O) groups is 2. The summed E-state index contributed by atoms with van der Waals surface area (Å²) in [7, 11) is 3.37. The lowest BCUT2D eigenvalue weighted by molar-refractivity contribution is -0.142. The van der Waals surface area contributed by atoms with E-state index in [1.165, 1.54) is 4.90 Å². The molecule has 0 radical (unpaired) electrons. The van der Waals surface area contributed by atoms with Crippen molar-refractivity contribution < 1.29 is 9.59 Å². The van der Waals surface area contributed by atoms with E-state index in [9.17, 15) is 9.59 Å². The Hall–Kier alpha value is -1.10. The molecule has 5 nitrogen and oxygen atoms in total. The molecule has 0 aliphatic carbocycles. The second kappa shape index (κ2) is 7.27. The lowest BCUT2D eigenvalue weighted by Crippen LogP contribution is -2.45. The van der Waals surface area contributed by atoms with E-state index >= 15 is 0 Å². The molecule has 0 aromatic rings. The monoisotopic (exact) mass is 243 g/mol. The zero-order valence-corrected chi connectivity index (χ0v) is 11.6. The lowest BCUT2D eigenvalue weighted by atomic mass is 9.94. The number of carbonyl (C=O) groups excluding carboxylic acids is 2. The standard InChI is InChI=1S/C12H25N3O2/c1-6-15(8-11(16)14(4)5)12(17)10(7-13)9(2)3/h9-10H,6-8,13H2,1-5H3. The third-order valence-corrected chi connectivity index (χ3v) is 2.89. The Kier molecular flexibility index (Phi) is 6.80. The quantitative estimate of drug-likeness (QED) is 0.722. The predicted octanol–water partition coefficient (Wildman–Crippen LogP) is 0.154. The highest BCUT2D eigenvalue weighted by Gasteiger charge is 2.26. The van der Waals surface area contributed by atoms with Crippen LogP contribution >= 0.6 is 0 Å². The van der Waals surface area contributed by atoms with E-state index in [4.69, 9.17) is 5.73 Å². The molecule has 0 aliphatic heterocycles. The van der Waals surface area contributed by atoms with Gasteiger partial charge in [-0.25, -0.2) is 0 Å². The summed E-state index contributed by atoms with van der Waals surface area (Å²) in [5.74, 6) is -0.110. The lowest BCUT2D eigenvalue weighted by Gasteiger charge is -2.28. The SMILES string of the molecule is CCN(CC(=O)N(C)C)C(=O)C(CN)C(C)C. The molecule has 0 saturated heterocycles. The molecule has 0 aliphatic rings. The van der Waals surface area contributed by atoms with Crippen molar-refractivity contribution in [3.05, 3.63) is 0 Å². The third kappa shape index (κ3) is 4.73. The molecule has 100 valence electrons. The third-order valence-electron chi connectivity index (χ3n) is 2.89. The number of nitrogens with two attached hydrogens (primary N) is 1. The number of nitrogens with zero attached hydrogens (tertiary/aromatic N) is 2. The molecule has 0 heterocycles. The van der Waals surface area contributed by atoms with Gasteiger partial charge in [-0.05, 0) is 12.8 Å². The van der Waals surface area contributed by atoms with Crippen molar-refractivity contribution in [2.45, 2.75) is 20.8 Å². The Labute approximate surface area is 104 Å². The van der Waals surface area contributed by atoms with Crippen molar-refractivity contribution in [1.82, 2.24) is 9.80 Å². The number of hydrogen-bond donors (Lipinski definition) is 1. The van der Waals surface area contributed by atoms with Gasteiger partial charge in [0, 0.05) is 27.2 Å². The number of hydrogen-bond acceptors (Lipinski definition) is 3. The summed E-state index contributed by atoms with van der Waals surface area (Å²) in [4.78, 5) is 26.8. The molecule has 0 bridgehead atoms. The normalized spacial score (nSPS) is 12.4. The van der Waals surface area contributed by atoms with Gasteiger partial charge < -0.3 is 15.5 Å². The maximum absolute atomic E-state index is 12.2. The summed E-state index contributed by atoms with van der Waals surface area (Å²) < 4.78 is 0. The smallest absolute Gasteiger partial charge is 0.241 e. The maximum Gasteiger partial charge on any atom is 0.241 e. The zero-order chi connectivity index (χ0) is 13.6. The van der Waals surface area contributed by atoms with Crippen LogP contribution in [0, 0.1) is 11.8 Å². The Morgan fingerprint density at radius 2 is 1.76 bits per heavy atom. The average molecular weight is 243 g/mol. The van der Waals surface area contributed by atoms with Gasteiger partial charge in [-0.1, -0.05) is 13.8 Å². The van der Waals surface area contributed by atoms with E-state index in [2.05, 4.69) is 0 Å². The molecular formula is C12H25N3O2. The van der Waals surface area contributed by atoms with E-state index in [1.807, 2.05) is 20.8 Å². The molecule has 0 rings (SSSR count). The Bertz CT molecular complexity index is 264. The largest absolute Gasteiger partial charge is 0.347 e. The molecule has 0 saturated carbocycles. The molecular weight excluding hydrogens is 218 g/mol. The van der Waals surface area contributed by atoms with Crippen LogP contribution in [0.4, 0.5) is 0 Å². The van der Waals surface area contributed by atoms with Crippen LogP contribution in [-0.4, -0.2) is 55.3 Å². The second-order valence-electron chi connectivity index (χ2n) is 4.73. The highest BCUT2D eigenvalue weighted by Crippen LogP contribution is 2.13. The summed E-state index contributed by atoms with van der Waals surface area (Å²) >= 11 is 0. The van der Waals surface area contributed by atoms with Gasteiger partial charge >= 0.3 is 0 Å². The summed E-state index contributed by atoms with van der Waals surface area (Å²) in [5.41, 5.74) is 5.61. The van der Waals surface area contributed by atoms with Crippen LogP contribution in [0.2, 0.25) is 0 Å². The van der Waals surface area contributed by atoms with E-state index < -0.39 is 0 Å². The van der Waals surface area contributed by atoms with Gasteiger partial charge in [-0.15, -0.1) is 0 Å². The Morgan fingerprint density at radius 3 is 2.06 bits per heavy atom. The first kappa shape index (κ1) is 15.9. The summed E-state index contributed by atoms with van der Waals surface area (Å²) in [6.07, 6.45) is 0. The van der Waals surface area contributed by atoms with Gasteiger partial charge in [0.25, 0.3) is 0 Å². The molecule has 2 amide bonds. The first-order valence-corrected chi connectivity index (χ1v) is 6.04. The van der Waals surface area contributed by atoms with Crippen molar-refractivity contribution in [3.63, 3.8) is 0 Å². The number of rotatable bonds is 6. The van der Waals surface area contributed by atoms with Gasteiger partial charge in [0.05, 0.1) is 12.5 Å². The van der Waals surface area contributed by atoms with E-state index in [1.54, 1.807) is 19.0 Å². The summed E-state index contributed by atoms with van der Waals surface area (Å²) in [6.45, 7) is 6.79. The fourth-order valence-electron chi connectivity index (χ4n) is 1.54. The second-order valence-corrected chi connectivity index (χ2v) is 4.73. The molecule has 17 heavy (non-hydrogen) atoms. The minimum atomic E-state index is -0.204. The fourth-order valence-corrected chi connectivity index (χ4v) is 1.54. The van der Waals surface area contributed by atoms with Crippen LogP contribution in [0.3, 0.4) is 0 Å². The minimum Gasteiger partial charge on any atom is -0.347 e. The van der Waals surface area contributed by atoms with Crippen molar-refractivity contribution in [2.24, 2.45) is 17.6 Å². The molecule has 1 atom stereocenters. The molecule has 0 spiro atoms. The fraction of sp³-hybridized carbons (Fsp3) is 0.833.